The Kier molecular flexibility index (Phi) is 6.94. The van der Waals surface area contributed by atoms with E-state index in [0.29, 0.717) is 25.0 Å². The van der Waals surface area contributed by atoms with E-state index in [2.05, 4.69) is 10.2 Å². The summed E-state index contributed by atoms with van der Waals surface area (Å²) in [6.45, 7) is 4.44. The van der Waals surface area contributed by atoms with Gasteiger partial charge in [-0.25, -0.2) is 8.78 Å². The fraction of sp³-hybridized carbons (Fsp3) is 0.333. The first-order chi connectivity index (χ1) is 18.8. The lowest BCUT2D eigenvalue weighted by atomic mass is 10.00. The number of pyridine rings is 1. The molecule has 212 valence electrons. The summed E-state index contributed by atoms with van der Waals surface area (Å²) in [6.07, 6.45) is -4.43. The van der Waals surface area contributed by atoms with Crippen LogP contribution in [-0.4, -0.2) is 54.8 Å². The molecule has 1 amide bonds. The van der Waals surface area contributed by atoms with E-state index in [9.17, 15) is 22.8 Å². The first-order valence-corrected chi connectivity index (χ1v) is 12.3. The Morgan fingerprint density at radius 2 is 1.73 bits per heavy atom. The quantitative estimate of drug-likeness (QED) is 0.441. The van der Waals surface area contributed by atoms with E-state index in [4.69, 9.17) is 9.47 Å². The van der Waals surface area contributed by atoms with Gasteiger partial charge >= 0.3 is 6.18 Å². The Morgan fingerprint density at radius 3 is 2.40 bits per heavy atom. The van der Waals surface area contributed by atoms with Gasteiger partial charge in [0, 0.05) is 43.5 Å². The van der Waals surface area contributed by atoms with Crippen LogP contribution in [0, 0.1) is 11.6 Å². The van der Waals surface area contributed by atoms with Gasteiger partial charge in [-0.05, 0) is 38.6 Å². The average molecular weight is 565 g/mol. The number of nitrogens with zero attached hydrogens (tertiary/aromatic N) is 2. The molecular weight excluding hydrogens is 539 g/mol. The maximum Gasteiger partial charge on any atom is 0.417 e. The van der Waals surface area contributed by atoms with Crippen molar-refractivity contribution in [2.24, 2.45) is 0 Å². The topological polar surface area (TPSA) is 86.9 Å². The van der Waals surface area contributed by atoms with Gasteiger partial charge in [-0.1, -0.05) is 6.07 Å². The molecule has 2 aliphatic heterocycles. The molecule has 3 heterocycles. The highest BCUT2D eigenvalue weighted by atomic mass is 19.4. The zero-order valence-electron chi connectivity index (χ0n) is 21.7. The van der Waals surface area contributed by atoms with Crippen molar-refractivity contribution in [1.29, 1.82) is 0 Å². The maximum absolute atomic E-state index is 16.3. The number of carbonyl (C=O) groups is 1. The zero-order chi connectivity index (χ0) is 28.9. The summed E-state index contributed by atoms with van der Waals surface area (Å²) in [5.74, 6) is -2.81. The zero-order valence-corrected chi connectivity index (χ0v) is 21.7. The molecule has 2 N–H and O–H groups in total. The Labute approximate surface area is 225 Å². The van der Waals surface area contributed by atoms with Crippen LogP contribution in [0.4, 0.5) is 33.3 Å². The van der Waals surface area contributed by atoms with Crippen LogP contribution in [-0.2, 0) is 6.18 Å². The Morgan fingerprint density at radius 1 is 1.05 bits per heavy atom. The molecule has 8 nitrogen and oxygen atoms in total. The van der Waals surface area contributed by atoms with Crippen LogP contribution in [0.15, 0.2) is 41.3 Å². The van der Waals surface area contributed by atoms with Gasteiger partial charge in [0.25, 0.3) is 5.91 Å². The lowest BCUT2D eigenvalue weighted by molar-refractivity contribution is -0.138. The summed E-state index contributed by atoms with van der Waals surface area (Å²) in [5, 5.41) is 2.24. The first-order valence-electron chi connectivity index (χ1n) is 12.3. The summed E-state index contributed by atoms with van der Waals surface area (Å²) < 4.78 is 83.5. The summed E-state index contributed by atoms with van der Waals surface area (Å²) >= 11 is 0. The van der Waals surface area contributed by atoms with Crippen LogP contribution >= 0.6 is 0 Å². The number of hydrogen-bond acceptors (Lipinski definition) is 6. The molecule has 0 aliphatic carbocycles. The van der Waals surface area contributed by atoms with Crippen LogP contribution in [0.3, 0.4) is 0 Å². The molecule has 1 fully saturated rings. The number of carbonyl (C=O) groups excluding carboxylic acids is 1. The third-order valence-corrected chi connectivity index (χ3v) is 7.27. The summed E-state index contributed by atoms with van der Waals surface area (Å²) in [7, 11) is 1.91. The van der Waals surface area contributed by atoms with Gasteiger partial charge in [0.05, 0.1) is 22.4 Å². The minimum atomic E-state index is -5.04. The van der Waals surface area contributed by atoms with Crippen molar-refractivity contribution < 1.29 is 36.2 Å². The summed E-state index contributed by atoms with van der Waals surface area (Å²) in [5.41, 5.74) is -4.45. The van der Waals surface area contributed by atoms with Crippen molar-refractivity contribution in [1.82, 2.24) is 9.88 Å². The number of likely N-dealkylation sites (N-methyl/N-ethyl adjacent to an activating group) is 1. The van der Waals surface area contributed by atoms with Gasteiger partial charge in [0.1, 0.15) is 11.5 Å². The van der Waals surface area contributed by atoms with Gasteiger partial charge < -0.3 is 24.7 Å². The third-order valence-electron chi connectivity index (χ3n) is 7.27. The number of piperazine rings is 1. The van der Waals surface area contributed by atoms with Crippen LogP contribution in [0.2, 0.25) is 0 Å². The predicted molar refractivity (Wildman–Crippen MR) is 137 cm³/mol. The van der Waals surface area contributed by atoms with Crippen molar-refractivity contribution in [3.8, 4) is 22.6 Å². The van der Waals surface area contributed by atoms with Gasteiger partial charge in [-0.15, -0.1) is 0 Å². The number of benzene rings is 2. The highest BCUT2D eigenvalue weighted by Gasteiger charge is 2.37. The minimum absolute atomic E-state index is 0.0300. The number of halogens is 5. The smallest absolute Gasteiger partial charge is 0.417 e. The molecule has 1 saturated heterocycles. The standard InChI is InChI=1S/C27H25F5N4O4/c1-13-10-36(11-14(2)35(13)3)19-8-18(28)23(15-4-5-20-21(6-15)40-12-39-20)24(29)25(19)34-26(38)16-9-33-22(37)7-17(16)27(30,31)32/h4-9,13-14H,10-12H2,1-3H3,(H,33,37)(H,34,38)/t13-,14+. The molecule has 2 atom stereocenters. The van der Waals surface area contributed by atoms with Crippen LogP contribution in [0.1, 0.15) is 29.8 Å². The van der Waals surface area contributed by atoms with Crippen molar-refractivity contribution >= 4 is 17.3 Å². The molecule has 0 bridgehead atoms. The molecule has 3 aromatic rings. The van der Waals surface area contributed by atoms with Crippen LogP contribution in [0.25, 0.3) is 11.1 Å². The molecule has 0 unspecified atom stereocenters. The number of nitrogens with one attached hydrogen (secondary N) is 2. The second-order valence-electron chi connectivity index (χ2n) is 9.85. The molecule has 5 rings (SSSR count). The monoisotopic (exact) mass is 564 g/mol. The molecule has 40 heavy (non-hydrogen) atoms. The first kappa shape index (κ1) is 27.4. The highest BCUT2D eigenvalue weighted by Crippen LogP contribution is 2.43. The van der Waals surface area contributed by atoms with Crippen LogP contribution in [0.5, 0.6) is 11.5 Å². The fourth-order valence-corrected chi connectivity index (χ4v) is 4.97. The van der Waals surface area contributed by atoms with Crippen LogP contribution < -0.4 is 25.2 Å². The number of aromatic amines is 1. The molecule has 2 aliphatic rings. The highest BCUT2D eigenvalue weighted by molar-refractivity contribution is 6.07. The number of anilines is 2. The maximum atomic E-state index is 16.3. The SMILES string of the molecule is C[C@@H]1CN(c2cc(F)c(-c3ccc4c(c3)OCO4)c(F)c2NC(=O)c2c[nH]c(=O)cc2C(F)(F)F)C[C@H](C)N1C. The number of fused-ring (bicyclic) bond motifs is 1. The second-order valence-corrected chi connectivity index (χ2v) is 9.85. The molecule has 2 aromatic carbocycles. The molecule has 0 spiro atoms. The number of aromatic nitrogens is 1. The number of H-pyrrole nitrogens is 1. The molecule has 0 saturated carbocycles. The number of amides is 1. The molecule has 13 heteroatoms. The van der Waals surface area contributed by atoms with Gasteiger partial charge in [-0.2, -0.15) is 13.2 Å². The third kappa shape index (κ3) is 4.96. The minimum Gasteiger partial charge on any atom is -0.454 e. The van der Waals surface area contributed by atoms with Crippen molar-refractivity contribution in [3.05, 3.63) is 69.6 Å². The molecule has 0 radical (unpaired) electrons. The van der Waals surface area contributed by atoms with Crippen molar-refractivity contribution in [2.45, 2.75) is 32.1 Å². The predicted octanol–water partition coefficient (Wildman–Crippen LogP) is 4.85. The van der Waals surface area contributed by atoms with Gasteiger partial charge in [0.2, 0.25) is 12.4 Å². The lowest BCUT2D eigenvalue weighted by Crippen LogP contribution is -2.55. The van der Waals surface area contributed by atoms with Crippen molar-refractivity contribution in [2.75, 3.05) is 37.1 Å². The lowest BCUT2D eigenvalue weighted by Gasteiger charge is -2.44. The van der Waals surface area contributed by atoms with Gasteiger partial charge in [-0.3, -0.25) is 14.5 Å². The Bertz CT molecular complexity index is 1530. The second kappa shape index (κ2) is 10.1. The largest absolute Gasteiger partial charge is 0.454 e. The van der Waals surface area contributed by atoms with E-state index in [1.165, 1.54) is 18.2 Å². The number of rotatable bonds is 4. The average Bonchev–Trinajstić information content (AvgIpc) is 3.36. The molecular formula is C27H25F5N4O4. The fourth-order valence-electron chi connectivity index (χ4n) is 4.97. The Hall–Kier alpha value is -4.13. The Balaban J connectivity index is 1.65. The summed E-state index contributed by atoms with van der Waals surface area (Å²) in [6, 6.07) is 5.48. The number of hydrogen-bond donors (Lipinski definition) is 2. The van der Waals surface area contributed by atoms with Gasteiger partial charge in [0.15, 0.2) is 17.3 Å². The number of ether oxygens (including phenoxy) is 2. The van der Waals surface area contributed by atoms with E-state index >= 15 is 8.78 Å². The van der Waals surface area contributed by atoms with E-state index in [1.54, 1.807) is 4.90 Å². The number of alkyl halides is 3. The van der Waals surface area contributed by atoms with E-state index in [1.807, 2.05) is 25.9 Å². The normalized spacial score (nSPS) is 19.1. The molecule has 1 aromatic heterocycles. The van der Waals surface area contributed by atoms with E-state index < -0.39 is 51.7 Å². The van der Waals surface area contributed by atoms with E-state index in [0.717, 1.165) is 6.07 Å². The van der Waals surface area contributed by atoms with E-state index in [-0.39, 0.29) is 41.9 Å². The van der Waals surface area contributed by atoms with Crippen molar-refractivity contribution in [3.63, 3.8) is 0 Å². The summed E-state index contributed by atoms with van der Waals surface area (Å²) in [4.78, 5) is 30.6.